The normalized spacial score (nSPS) is 13.1. The van der Waals surface area contributed by atoms with Crippen molar-refractivity contribution in [1.29, 1.82) is 5.26 Å². The highest BCUT2D eigenvalue weighted by atomic mass is 35.5. The van der Waals surface area contributed by atoms with E-state index in [1.165, 1.54) is 0 Å². The quantitative estimate of drug-likeness (QED) is 0.833. The largest absolute Gasteiger partial charge is 0.396 e. The van der Waals surface area contributed by atoms with Crippen LogP contribution in [0.2, 0.25) is 5.02 Å². The van der Waals surface area contributed by atoms with Crippen LogP contribution in [0.1, 0.15) is 38.0 Å². The Hall–Kier alpha value is -1.28. The molecule has 0 saturated heterocycles. The number of methoxy groups -OCH3 is 1. The van der Waals surface area contributed by atoms with Gasteiger partial charge in [0.15, 0.2) is 0 Å². The van der Waals surface area contributed by atoms with Crippen LogP contribution in [0.5, 0.6) is 0 Å². The zero-order valence-electron chi connectivity index (χ0n) is 11.7. The van der Waals surface area contributed by atoms with Gasteiger partial charge in [-0.25, -0.2) is 0 Å². The number of hydrogen-bond acceptors (Lipinski definition) is 4. The van der Waals surface area contributed by atoms with Crippen molar-refractivity contribution < 1.29 is 4.74 Å². The van der Waals surface area contributed by atoms with E-state index in [0.717, 1.165) is 5.56 Å². The molecule has 104 valence electrons. The van der Waals surface area contributed by atoms with E-state index in [0.29, 0.717) is 22.8 Å². The fraction of sp³-hybridized carbons (Fsp3) is 0.500. The van der Waals surface area contributed by atoms with Gasteiger partial charge in [-0.15, -0.1) is 0 Å². The van der Waals surface area contributed by atoms with Gasteiger partial charge in [-0.05, 0) is 38.5 Å². The van der Waals surface area contributed by atoms with E-state index in [1.807, 2.05) is 6.07 Å². The van der Waals surface area contributed by atoms with E-state index in [4.69, 9.17) is 27.3 Å². The Kier molecular flexibility index (Phi) is 5.19. The van der Waals surface area contributed by atoms with Gasteiger partial charge in [-0.2, -0.15) is 5.26 Å². The molecule has 0 saturated carbocycles. The summed E-state index contributed by atoms with van der Waals surface area (Å²) in [7, 11) is 1.63. The van der Waals surface area contributed by atoms with Gasteiger partial charge in [0.1, 0.15) is 6.07 Å². The maximum absolute atomic E-state index is 9.04. The van der Waals surface area contributed by atoms with Gasteiger partial charge >= 0.3 is 0 Å². The van der Waals surface area contributed by atoms with Crippen molar-refractivity contribution in [2.24, 2.45) is 0 Å². The van der Waals surface area contributed by atoms with Crippen molar-refractivity contribution in [3.05, 3.63) is 28.3 Å². The molecule has 0 aliphatic rings. The van der Waals surface area contributed by atoms with Crippen LogP contribution in [0.3, 0.4) is 0 Å². The second-order valence-electron chi connectivity index (χ2n) is 5.43. The number of nitrogens with zero attached hydrogens (tertiary/aromatic N) is 1. The number of benzene rings is 1. The first-order chi connectivity index (χ1) is 8.78. The third-order valence-corrected chi connectivity index (χ3v) is 3.06. The highest BCUT2D eigenvalue weighted by Crippen LogP contribution is 2.28. The van der Waals surface area contributed by atoms with Gasteiger partial charge in [0.2, 0.25) is 0 Å². The summed E-state index contributed by atoms with van der Waals surface area (Å²) in [5, 5.41) is 12.8. The minimum absolute atomic E-state index is 0.00750. The number of anilines is 1. The van der Waals surface area contributed by atoms with Crippen LogP contribution < -0.4 is 11.1 Å². The summed E-state index contributed by atoms with van der Waals surface area (Å²) < 4.78 is 5.45. The Balaban J connectivity index is 3.00. The van der Waals surface area contributed by atoms with Gasteiger partial charge in [-0.3, -0.25) is 0 Å². The molecule has 1 atom stereocenters. The second-order valence-corrected chi connectivity index (χ2v) is 5.84. The molecule has 0 fully saturated rings. The number of nitrogens with one attached hydrogen (secondary N) is 1. The molecule has 5 heteroatoms. The van der Waals surface area contributed by atoms with Crippen LogP contribution in [0.4, 0.5) is 5.69 Å². The first kappa shape index (κ1) is 15.8. The summed E-state index contributed by atoms with van der Waals surface area (Å²) in [5.41, 5.74) is 7.26. The lowest BCUT2D eigenvalue weighted by Gasteiger charge is -2.25. The Morgan fingerprint density at radius 3 is 2.58 bits per heavy atom. The average molecular weight is 282 g/mol. The molecule has 0 spiro atoms. The molecule has 0 amide bonds. The van der Waals surface area contributed by atoms with E-state index in [-0.39, 0.29) is 11.6 Å². The highest BCUT2D eigenvalue weighted by molar-refractivity contribution is 6.33. The smallest absolute Gasteiger partial charge is 0.101 e. The van der Waals surface area contributed by atoms with E-state index in [1.54, 1.807) is 19.2 Å². The number of hydrogen-bond donors (Lipinski definition) is 2. The molecule has 4 nitrogen and oxygen atoms in total. The third-order valence-electron chi connectivity index (χ3n) is 2.75. The monoisotopic (exact) mass is 281 g/mol. The molecule has 19 heavy (non-hydrogen) atoms. The van der Waals surface area contributed by atoms with Crippen molar-refractivity contribution in [3.8, 4) is 6.07 Å². The van der Waals surface area contributed by atoms with Crippen molar-refractivity contribution in [1.82, 2.24) is 5.32 Å². The zero-order valence-corrected chi connectivity index (χ0v) is 12.5. The summed E-state index contributed by atoms with van der Waals surface area (Å²) in [6.07, 6.45) is -0.176. The van der Waals surface area contributed by atoms with Crippen molar-refractivity contribution in [2.75, 3.05) is 19.4 Å². The lowest BCUT2D eigenvalue weighted by molar-refractivity contribution is 0.0959. The van der Waals surface area contributed by atoms with Crippen LogP contribution in [-0.4, -0.2) is 19.2 Å². The summed E-state index contributed by atoms with van der Waals surface area (Å²) in [4.78, 5) is 0. The summed E-state index contributed by atoms with van der Waals surface area (Å²) in [6, 6.07) is 5.51. The Labute approximate surface area is 119 Å². The molecule has 1 unspecified atom stereocenters. The summed E-state index contributed by atoms with van der Waals surface area (Å²) >= 11 is 6.04. The minimum atomic E-state index is -0.176. The van der Waals surface area contributed by atoms with Crippen LogP contribution in [0.25, 0.3) is 0 Å². The molecule has 1 rings (SSSR count). The minimum Gasteiger partial charge on any atom is -0.396 e. The van der Waals surface area contributed by atoms with Gasteiger partial charge in [-0.1, -0.05) is 11.6 Å². The number of nitrogen functional groups attached to an aromatic ring is 1. The number of nitriles is 1. The molecule has 1 aromatic carbocycles. The number of nitrogens with two attached hydrogens (primary N) is 1. The lowest BCUT2D eigenvalue weighted by atomic mass is 10.0. The maximum Gasteiger partial charge on any atom is 0.101 e. The molecule has 0 heterocycles. The van der Waals surface area contributed by atoms with Crippen LogP contribution >= 0.6 is 11.6 Å². The fourth-order valence-corrected chi connectivity index (χ4v) is 1.88. The Bertz CT molecular complexity index is 489. The lowest BCUT2D eigenvalue weighted by Crippen LogP contribution is -2.38. The first-order valence-corrected chi connectivity index (χ1v) is 6.43. The predicted molar refractivity (Wildman–Crippen MR) is 78.1 cm³/mol. The molecule has 0 aromatic heterocycles. The van der Waals surface area contributed by atoms with Crippen LogP contribution in [0.15, 0.2) is 12.1 Å². The van der Waals surface area contributed by atoms with Gasteiger partial charge < -0.3 is 15.8 Å². The topological polar surface area (TPSA) is 71.1 Å². The van der Waals surface area contributed by atoms with Crippen molar-refractivity contribution in [3.63, 3.8) is 0 Å². The summed E-state index contributed by atoms with van der Waals surface area (Å²) in [5.74, 6) is 0. The number of rotatable bonds is 4. The zero-order chi connectivity index (χ0) is 14.6. The second kappa shape index (κ2) is 6.25. The molecule has 1 aromatic rings. The van der Waals surface area contributed by atoms with E-state index in [9.17, 15) is 0 Å². The molecular weight excluding hydrogens is 262 g/mol. The highest BCUT2D eigenvalue weighted by Gasteiger charge is 2.17. The number of ether oxygens (including phenoxy) is 1. The Morgan fingerprint density at radius 1 is 1.47 bits per heavy atom. The molecule has 0 bridgehead atoms. The van der Waals surface area contributed by atoms with Crippen molar-refractivity contribution in [2.45, 2.75) is 32.4 Å². The average Bonchev–Trinajstić information content (AvgIpc) is 2.32. The molecule has 0 aliphatic heterocycles. The maximum atomic E-state index is 9.04. The van der Waals surface area contributed by atoms with Crippen molar-refractivity contribution >= 4 is 17.3 Å². The summed E-state index contributed by atoms with van der Waals surface area (Å²) in [6.45, 7) is 6.87. The molecule has 3 N–H and O–H groups in total. The molecule has 0 radical (unpaired) electrons. The fourth-order valence-electron chi connectivity index (χ4n) is 1.65. The van der Waals surface area contributed by atoms with Gasteiger partial charge in [0, 0.05) is 19.2 Å². The van der Waals surface area contributed by atoms with Crippen LogP contribution in [0, 0.1) is 11.3 Å². The van der Waals surface area contributed by atoms with E-state index < -0.39 is 0 Å². The SMILES string of the molecule is COC(CNC(C)(C)C)c1cc(Cl)c(N)c(C#N)c1. The van der Waals surface area contributed by atoms with Crippen LogP contribution in [-0.2, 0) is 4.74 Å². The van der Waals surface area contributed by atoms with E-state index in [2.05, 4.69) is 26.1 Å². The van der Waals surface area contributed by atoms with Gasteiger partial charge in [0.25, 0.3) is 0 Å². The number of halogens is 1. The van der Waals surface area contributed by atoms with Gasteiger partial charge in [0.05, 0.1) is 22.4 Å². The Morgan fingerprint density at radius 2 is 2.11 bits per heavy atom. The first-order valence-electron chi connectivity index (χ1n) is 6.05. The third kappa shape index (κ3) is 4.39. The standard InChI is InChI=1S/C14H20ClN3O/c1-14(2,3)18-8-12(19-4)9-5-10(7-16)13(17)11(15)6-9/h5-6,12,18H,8,17H2,1-4H3. The molecule has 0 aliphatic carbocycles. The molecular formula is C14H20ClN3O. The van der Waals surface area contributed by atoms with E-state index >= 15 is 0 Å². The predicted octanol–water partition coefficient (Wildman–Crippen LogP) is 2.87.